The molecule has 19 heavy (non-hydrogen) atoms. The fraction of sp³-hybridized carbons (Fsp3) is 0.462. The number of nitriles is 1. The number of sulfonamides is 1. The summed E-state index contributed by atoms with van der Waals surface area (Å²) in [5, 5.41) is 9.35. The van der Waals surface area contributed by atoms with Crippen LogP contribution in [0, 0.1) is 11.3 Å². The highest BCUT2D eigenvalue weighted by atomic mass is 79.9. The molecule has 0 aromatic heterocycles. The molecule has 0 saturated heterocycles. The van der Waals surface area contributed by atoms with Gasteiger partial charge < -0.3 is 0 Å². The van der Waals surface area contributed by atoms with Crippen molar-refractivity contribution in [3.63, 3.8) is 0 Å². The van der Waals surface area contributed by atoms with Gasteiger partial charge in [0.2, 0.25) is 10.0 Å². The zero-order chi connectivity index (χ0) is 13.9. The molecule has 0 unspecified atom stereocenters. The zero-order valence-electron chi connectivity index (χ0n) is 10.4. The van der Waals surface area contributed by atoms with E-state index < -0.39 is 10.0 Å². The normalized spacial score (nSPS) is 15.4. The van der Waals surface area contributed by atoms with Crippen molar-refractivity contribution in [3.8, 4) is 6.07 Å². The fourth-order valence-corrected chi connectivity index (χ4v) is 3.97. The van der Waals surface area contributed by atoms with Crippen LogP contribution in [0.25, 0.3) is 0 Å². The molecule has 0 heterocycles. The number of nitrogens with zero attached hydrogens (tertiary/aromatic N) is 2. The van der Waals surface area contributed by atoms with Gasteiger partial charge in [-0.25, -0.2) is 8.42 Å². The monoisotopic (exact) mass is 342 g/mol. The molecule has 1 fully saturated rings. The van der Waals surface area contributed by atoms with Crippen LogP contribution in [0.2, 0.25) is 0 Å². The molecule has 6 heteroatoms. The van der Waals surface area contributed by atoms with Gasteiger partial charge in [0.15, 0.2) is 0 Å². The van der Waals surface area contributed by atoms with Gasteiger partial charge in [0.1, 0.15) is 0 Å². The van der Waals surface area contributed by atoms with Crippen LogP contribution in [-0.2, 0) is 15.4 Å². The molecule has 0 atom stereocenters. The number of hydrogen-bond donors (Lipinski definition) is 0. The summed E-state index contributed by atoms with van der Waals surface area (Å²) in [4.78, 5) is 0.307. The van der Waals surface area contributed by atoms with Gasteiger partial charge >= 0.3 is 0 Å². The lowest BCUT2D eigenvalue weighted by Gasteiger charge is -2.20. The standard InChI is InChI=1S/C13H15BrN2O2S/c14-10-11-2-6-13(7-3-11)19(17,18)16(9-1-8-15)12-4-5-12/h2-3,6-7,12H,1,4-5,9-10H2. The molecule has 0 radical (unpaired) electrons. The third-order valence-electron chi connectivity index (χ3n) is 3.08. The number of alkyl halides is 1. The van der Waals surface area contributed by atoms with Gasteiger partial charge in [-0.3, -0.25) is 0 Å². The van der Waals surface area contributed by atoms with E-state index >= 15 is 0 Å². The van der Waals surface area contributed by atoms with Gasteiger partial charge in [0, 0.05) is 24.3 Å². The Bertz CT molecular complexity index is 574. The summed E-state index contributed by atoms with van der Waals surface area (Å²) in [7, 11) is -3.47. The summed E-state index contributed by atoms with van der Waals surface area (Å²) in [6.07, 6.45) is 2.02. The van der Waals surface area contributed by atoms with Crippen LogP contribution in [0.5, 0.6) is 0 Å². The average molecular weight is 343 g/mol. The van der Waals surface area contributed by atoms with Crippen molar-refractivity contribution >= 4 is 26.0 Å². The molecule has 1 aromatic rings. The molecule has 0 aliphatic heterocycles. The van der Waals surface area contributed by atoms with Crippen molar-refractivity contribution in [1.29, 1.82) is 5.26 Å². The van der Waals surface area contributed by atoms with Gasteiger partial charge in [-0.1, -0.05) is 28.1 Å². The molecular weight excluding hydrogens is 328 g/mol. The summed E-state index contributed by atoms with van der Waals surface area (Å²) in [6.45, 7) is 0.281. The quantitative estimate of drug-likeness (QED) is 0.746. The molecule has 1 saturated carbocycles. The number of hydrogen-bond acceptors (Lipinski definition) is 3. The molecule has 0 N–H and O–H groups in total. The summed E-state index contributed by atoms with van der Waals surface area (Å²) in [5.74, 6) is 0. The molecule has 4 nitrogen and oxygen atoms in total. The van der Waals surface area contributed by atoms with E-state index in [4.69, 9.17) is 5.26 Å². The van der Waals surface area contributed by atoms with Crippen LogP contribution >= 0.6 is 15.9 Å². The maximum atomic E-state index is 12.5. The first-order chi connectivity index (χ1) is 9.09. The summed E-state index contributed by atoms with van der Waals surface area (Å²) >= 11 is 3.33. The van der Waals surface area contributed by atoms with Gasteiger partial charge in [-0.15, -0.1) is 0 Å². The molecule has 0 bridgehead atoms. The van der Waals surface area contributed by atoms with E-state index in [1.807, 2.05) is 6.07 Å². The van der Waals surface area contributed by atoms with E-state index in [0.29, 0.717) is 10.2 Å². The van der Waals surface area contributed by atoms with Crippen LogP contribution in [0.15, 0.2) is 29.2 Å². The van der Waals surface area contributed by atoms with Crippen molar-refractivity contribution in [3.05, 3.63) is 29.8 Å². The predicted molar refractivity (Wildman–Crippen MR) is 76.2 cm³/mol. The molecule has 0 amide bonds. The minimum Gasteiger partial charge on any atom is -0.207 e. The minimum absolute atomic E-state index is 0.0780. The van der Waals surface area contributed by atoms with E-state index in [1.165, 1.54) is 4.31 Å². The van der Waals surface area contributed by atoms with Crippen molar-refractivity contribution in [2.24, 2.45) is 0 Å². The number of benzene rings is 1. The van der Waals surface area contributed by atoms with Crippen LogP contribution in [0.4, 0.5) is 0 Å². The van der Waals surface area contributed by atoms with Crippen LogP contribution < -0.4 is 0 Å². The maximum absolute atomic E-state index is 12.5. The third-order valence-corrected chi connectivity index (χ3v) is 5.70. The van der Waals surface area contributed by atoms with Crippen molar-refractivity contribution in [2.75, 3.05) is 6.54 Å². The lowest BCUT2D eigenvalue weighted by molar-refractivity contribution is 0.411. The highest BCUT2D eigenvalue weighted by Crippen LogP contribution is 2.32. The van der Waals surface area contributed by atoms with Crippen molar-refractivity contribution in [1.82, 2.24) is 4.31 Å². The highest BCUT2D eigenvalue weighted by molar-refractivity contribution is 9.08. The van der Waals surface area contributed by atoms with Crippen molar-refractivity contribution in [2.45, 2.75) is 35.5 Å². The fourth-order valence-electron chi connectivity index (χ4n) is 1.91. The molecule has 102 valence electrons. The smallest absolute Gasteiger partial charge is 0.207 e. The second-order valence-electron chi connectivity index (χ2n) is 4.53. The second kappa shape index (κ2) is 6.04. The summed E-state index contributed by atoms with van der Waals surface area (Å²) in [6, 6.07) is 8.96. The first kappa shape index (κ1) is 14.5. The van der Waals surface area contributed by atoms with E-state index in [9.17, 15) is 8.42 Å². The predicted octanol–water partition coefficient (Wildman–Crippen LogP) is 2.65. The lowest BCUT2D eigenvalue weighted by atomic mass is 10.2. The highest BCUT2D eigenvalue weighted by Gasteiger charge is 2.37. The topological polar surface area (TPSA) is 61.2 Å². The van der Waals surface area contributed by atoms with Crippen LogP contribution in [-0.4, -0.2) is 25.3 Å². The van der Waals surface area contributed by atoms with Crippen LogP contribution in [0.3, 0.4) is 0 Å². The Labute approximate surface area is 122 Å². The zero-order valence-corrected chi connectivity index (χ0v) is 12.8. The SMILES string of the molecule is N#CCCN(C1CC1)S(=O)(=O)c1ccc(CBr)cc1. The molecular formula is C13H15BrN2O2S. The minimum atomic E-state index is -3.47. The molecule has 1 aliphatic carbocycles. The first-order valence-electron chi connectivity index (χ1n) is 6.13. The van der Waals surface area contributed by atoms with E-state index in [1.54, 1.807) is 24.3 Å². The number of halogens is 1. The first-order valence-corrected chi connectivity index (χ1v) is 8.69. The van der Waals surface area contributed by atoms with E-state index in [0.717, 1.165) is 18.4 Å². The molecule has 2 rings (SSSR count). The number of rotatable bonds is 6. The summed E-state index contributed by atoms with van der Waals surface area (Å²) < 4.78 is 26.5. The Morgan fingerprint density at radius 2 is 1.95 bits per heavy atom. The Morgan fingerprint density at radius 1 is 1.32 bits per heavy atom. The summed E-state index contributed by atoms with van der Waals surface area (Å²) in [5.41, 5.74) is 1.04. The van der Waals surface area contributed by atoms with Crippen molar-refractivity contribution < 1.29 is 8.42 Å². The van der Waals surface area contributed by atoms with E-state index in [-0.39, 0.29) is 19.0 Å². The Hall–Kier alpha value is -0.900. The molecule has 1 aromatic carbocycles. The molecule has 1 aliphatic rings. The largest absolute Gasteiger partial charge is 0.243 e. The Morgan fingerprint density at radius 3 is 2.42 bits per heavy atom. The lowest BCUT2D eigenvalue weighted by Crippen LogP contribution is -2.33. The van der Waals surface area contributed by atoms with Crippen LogP contribution in [0.1, 0.15) is 24.8 Å². The van der Waals surface area contributed by atoms with Gasteiger partial charge in [-0.05, 0) is 30.5 Å². The maximum Gasteiger partial charge on any atom is 0.243 e. The Balaban J connectivity index is 2.25. The molecule has 0 spiro atoms. The van der Waals surface area contributed by atoms with E-state index in [2.05, 4.69) is 15.9 Å². The average Bonchev–Trinajstić information content (AvgIpc) is 3.23. The second-order valence-corrected chi connectivity index (χ2v) is 6.98. The van der Waals surface area contributed by atoms with Gasteiger partial charge in [0.25, 0.3) is 0 Å². The Kier molecular flexibility index (Phi) is 4.61. The third kappa shape index (κ3) is 3.35. The van der Waals surface area contributed by atoms with Gasteiger partial charge in [0.05, 0.1) is 11.0 Å². The van der Waals surface area contributed by atoms with Gasteiger partial charge in [-0.2, -0.15) is 9.57 Å².